The van der Waals surface area contributed by atoms with E-state index in [4.69, 9.17) is 11.6 Å². The number of rotatable bonds is 4. The van der Waals surface area contributed by atoms with Crippen LogP contribution in [0.4, 0.5) is 0 Å². The Morgan fingerprint density at radius 1 is 1.04 bits per heavy atom. The Morgan fingerprint density at radius 3 is 2.30 bits per heavy atom. The molecule has 23 heavy (non-hydrogen) atoms. The van der Waals surface area contributed by atoms with Crippen LogP contribution in [0.15, 0.2) is 48.8 Å². The van der Waals surface area contributed by atoms with Gasteiger partial charge < -0.3 is 0 Å². The molecule has 1 fully saturated rings. The smallest absolute Gasteiger partial charge is 0.159 e. The minimum Gasteiger partial charge on any atom is -0.236 e. The lowest BCUT2D eigenvalue weighted by Gasteiger charge is -2.26. The second-order valence-corrected chi connectivity index (χ2v) is 6.73. The van der Waals surface area contributed by atoms with Gasteiger partial charge in [-0.1, -0.05) is 30.7 Å². The van der Waals surface area contributed by atoms with Gasteiger partial charge in [-0.3, -0.25) is 0 Å². The van der Waals surface area contributed by atoms with Crippen molar-refractivity contribution in [2.75, 3.05) is 0 Å². The molecule has 3 heteroatoms. The third kappa shape index (κ3) is 4.20. The first-order chi connectivity index (χ1) is 11.3. The van der Waals surface area contributed by atoms with Crippen LogP contribution in [-0.2, 0) is 0 Å². The molecule has 1 aliphatic rings. The van der Waals surface area contributed by atoms with E-state index in [2.05, 4.69) is 29.0 Å². The average molecular weight is 327 g/mol. The Hall–Kier alpha value is -1.67. The summed E-state index contributed by atoms with van der Waals surface area (Å²) in [6.07, 6.45) is 14.9. The molecule has 1 aromatic heterocycles. The number of hydrogen-bond donors (Lipinski definition) is 0. The van der Waals surface area contributed by atoms with Gasteiger partial charge in [-0.15, -0.1) is 0 Å². The highest BCUT2D eigenvalue weighted by atomic mass is 35.5. The molecule has 0 saturated heterocycles. The molecule has 0 bridgehead atoms. The molecule has 1 heterocycles. The Labute approximate surface area is 143 Å². The zero-order valence-corrected chi connectivity index (χ0v) is 14.3. The molecule has 0 aliphatic heterocycles. The molecule has 0 amide bonds. The monoisotopic (exact) mass is 326 g/mol. The molecule has 1 aliphatic carbocycles. The van der Waals surface area contributed by atoms with E-state index in [1.807, 2.05) is 36.7 Å². The van der Waals surface area contributed by atoms with Gasteiger partial charge in [-0.05, 0) is 73.8 Å². The van der Waals surface area contributed by atoms with Crippen LogP contribution in [0.3, 0.4) is 0 Å². The van der Waals surface area contributed by atoms with Crippen molar-refractivity contribution in [3.05, 3.63) is 59.4 Å². The first-order valence-corrected chi connectivity index (χ1v) is 8.88. The highest BCUT2D eigenvalue weighted by Crippen LogP contribution is 2.36. The zero-order valence-electron chi connectivity index (χ0n) is 13.6. The van der Waals surface area contributed by atoms with E-state index in [0.29, 0.717) is 5.92 Å². The maximum absolute atomic E-state index is 5.92. The van der Waals surface area contributed by atoms with Crippen molar-refractivity contribution >= 4 is 11.6 Å². The molecule has 2 nitrogen and oxygen atoms in total. The number of benzene rings is 1. The minimum absolute atomic E-state index is 0.612. The zero-order chi connectivity index (χ0) is 16.1. The van der Waals surface area contributed by atoms with Crippen molar-refractivity contribution in [3.63, 3.8) is 0 Å². The van der Waals surface area contributed by atoms with Gasteiger partial charge in [0.15, 0.2) is 5.82 Å². The van der Waals surface area contributed by atoms with Crippen LogP contribution in [0.1, 0.15) is 50.5 Å². The summed E-state index contributed by atoms with van der Waals surface area (Å²) in [5.41, 5.74) is 2.29. The first kappa shape index (κ1) is 16.2. The number of hydrogen-bond acceptors (Lipinski definition) is 2. The van der Waals surface area contributed by atoms with E-state index in [-0.39, 0.29) is 0 Å². The van der Waals surface area contributed by atoms with E-state index >= 15 is 0 Å². The van der Waals surface area contributed by atoms with E-state index in [1.54, 1.807) is 0 Å². The molecule has 0 spiro atoms. The number of allylic oxidation sites excluding steroid dienone is 2. The topological polar surface area (TPSA) is 25.8 Å². The van der Waals surface area contributed by atoms with Crippen LogP contribution in [-0.4, -0.2) is 9.97 Å². The van der Waals surface area contributed by atoms with Crippen LogP contribution in [0.25, 0.3) is 11.4 Å². The summed E-state index contributed by atoms with van der Waals surface area (Å²) in [7, 11) is 0. The van der Waals surface area contributed by atoms with Crippen molar-refractivity contribution in [2.45, 2.75) is 44.9 Å². The minimum atomic E-state index is 0.612. The third-order valence-corrected chi connectivity index (χ3v) is 4.91. The van der Waals surface area contributed by atoms with Crippen molar-refractivity contribution in [1.82, 2.24) is 9.97 Å². The lowest BCUT2D eigenvalue weighted by Crippen LogP contribution is -2.12. The Bertz CT molecular complexity index is 638. The lowest BCUT2D eigenvalue weighted by molar-refractivity contribution is 0.374. The van der Waals surface area contributed by atoms with Gasteiger partial charge in [0.25, 0.3) is 0 Å². The van der Waals surface area contributed by atoms with Crippen molar-refractivity contribution in [1.29, 1.82) is 0 Å². The maximum atomic E-state index is 5.92. The fraction of sp³-hybridized carbons (Fsp3) is 0.400. The fourth-order valence-electron chi connectivity index (χ4n) is 3.27. The average Bonchev–Trinajstić information content (AvgIpc) is 2.61. The largest absolute Gasteiger partial charge is 0.236 e. The van der Waals surface area contributed by atoms with Gasteiger partial charge in [0.05, 0.1) is 0 Å². The number of aromatic nitrogens is 2. The molecule has 0 N–H and O–H groups in total. The van der Waals surface area contributed by atoms with Crippen molar-refractivity contribution < 1.29 is 0 Å². The van der Waals surface area contributed by atoms with Gasteiger partial charge in [0.2, 0.25) is 0 Å². The molecule has 0 unspecified atom stereocenters. The summed E-state index contributed by atoms with van der Waals surface area (Å²) in [6, 6.07) is 7.67. The predicted octanol–water partition coefficient (Wildman–Crippen LogP) is 6.04. The summed E-state index contributed by atoms with van der Waals surface area (Å²) in [4.78, 5) is 9.11. The number of halogens is 1. The van der Waals surface area contributed by atoms with E-state index in [0.717, 1.165) is 28.7 Å². The van der Waals surface area contributed by atoms with Crippen LogP contribution in [0.2, 0.25) is 5.02 Å². The fourth-order valence-corrected chi connectivity index (χ4v) is 3.40. The second-order valence-electron chi connectivity index (χ2n) is 6.30. The van der Waals surface area contributed by atoms with E-state index in [9.17, 15) is 0 Å². The summed E-state index contributed by atoms with van der Waals surface area (Å²) in [5, 5.41) is 0.735. The quantitative estimate of drug-likeness (QED) is 0.640. The van der Waals surface area contributed by atoms with Crippen LogP contribution in [0, 0.1) is 5.92 Å². The first-order valence-electron chi connectivity index (χ1n) is 8.51. The molecular weight excluding hydrogens is 304 g/mol. The van der Waals surface area contributed by atoms with E-state index in [1.165, 1.54) is 31.2 Å². The highest BCUT2D eigenvalue weighted by molar-refractivity contribution is 6.30. The van der Waals surface area contributed by atoms with Gasteiger partial charge in [0, 0.05) is 23.0 Å². The predicted molar refractivity (Wildman–Crippen MR) is 96.6 cm³/mol. The SMILES string of the molecule is CC/C=C/[C@H]1CC[C@H](c2cnc(-c3ccc(Cl)cc3)nc2)CC1. The Kier molecular flexibility index (Phi) is 5.45. The molecule has 2 aromatic rings. The standard InChI is InChI=1S/C20H23ClN2/c1-2-3-4-15-5-7-16(8-6-15)18-13-22-20(23-14-18)17-9-11-19(21)12-10-17/h3-4,9-16H,2,5-8H2,1H3/b4-3+/t15-,16-. The Balaban J connectivity index is 1.64. The second kappa shape index (κ2) is 7.74. The highest BCUT2D eigenvalue weighted by Gasteiger charge is 2.21. The van der Waals surface area contributed by atoms with Crippen molar-refractivity contribution in [3.8, 4) is 11.4 Å². The summed E-state index contributed by atoms with van der Waals surface area (Å²) in [6.45, 7) is 2.20. The van der Waals surface area contributed by atoms with Gasteiger partial charge in [-0.2, -0.15) is 0 Å². The third-order valence-electron chi connectivity index (χ3n) is 4.66. The van der Waals surface area contributed by atoms with Crippen molar-refractivity contribution in [2.24, 2.45) is 5.92 Å². The maximum Gasteiger partial charge on any atom is 0.159 e. The Morgan fingerprint density at radius 2 is 1.70 bits per heavy atom. The van der Waals surface area contributed by atoms with Crippen LogP contribution >= 0.6 is 11.6 Å². The summed E-state index contributed by atoms with van der Waals surface area (Å²) in [5.74, 6) is 2.14. The molecule has 120 valence electrons. The summed E-state index contributed by atoms with van der Waals surface area (Å²) < 4.78 is 0. The van der Waals surface area contributed by atoms with Crippen LogP contribution < -0.4 is 0 Å². The molecule has 1 aromatic carbocycles. The normalized spacial score (nSPS) is 21.7. The summed E-state index contributed by atoms with van der Waals surface area (Å²) >= 11 is 5.92. The van der Waals surface area contributed by atoms with Crippen LogP contribution in [0.5, 0.6) is 0 Å². The van der Waals surface area contributed by atoms with E-state index < -0.39 is 0 Å². The van der Waals surface area contributed by atoms with Gasteiger partial charge in [0.1, 0.15) is 0 Å². The molecule has 3 rings (SSSR count). The molecular formula is C20H23ClN2. The van der Waals surface area contributed by atoms with Gasteiger partial charge >= 0.3 is 0 Å². The molecule has 0 radical (unpaired) electrons. The van der Waals surface area contributed by atoms with Gasteiger partial charge in [-0.25, -0.2) is 9.97 Å². The lowest BCUT2D eigenvalue weighted by atomic mass is 9.79. The number of nitrogens with zero attached hydrogens (tertiary/aromatic N) is 2. The molecule has 0 atom stereocenters. The molecule has 1 saturated carbocycles.